The number of hydrogen-bond acceptors (Lipinski definition) is 7. The van der Waals surface area contributed by atoms with Crippen molar-refractivity contribution in [3.05, 3.63) is 64.6 Å². The Morgan fingerprint density at radius 3 is 2.09 bits per heavy atom. The maximum atomic E-state index is 13.3. The summed E-state index contributed by atoms with van der Waals surface area (Å²) in [5, 5.41) is 33.5. The molecule has 0 saturated carbocycles. The average Bonchev–Trinajstić information content (AvgIpc) is 2.69. The van der Waals surface area contributed by atoms with Crippen LogP contribution >= 0.6 is 31.9 Å². The van der Waals surface area contributed by atoms with Crippen molar-refractivity contribution in [1.82, 2.24) is 0 Å². The molecule has 0 radical (unpaired) electrons. The Bertz CT molecular complexity index is 1140. The van der Waals surface area contributed by atoms with Crippen LogP contribution < -0.4 is 10.1 Å². The van der Waals surface area contributed by atoms with Crippen LogP contribution in [0.1, 0.15) is 15.9 Å². The molecule has 0 spiro atoms. The van der Waals surface area contributed by atoms with Gasteiger partial charge in [0.05, 0.1) is 31.5 Å². The van der Waals surface area contributed by atoms with Crippen LogP contribution in [0.15, 0.2) is 33.2 Å². The molecule has 1 amide bonds. The van der Waals surface area contributed by atoms with E-state index in [1.165, 1.54) is 6.07 Å². The zero-order valence-corrected chi connectivity index (χ0v) is 18.1. The van der Waals surface area contributed by atoms with E-state index in [9.17, 15) is 42.6 Å². The minimum atomic E-state index is -4.91. The van der Waals surface area contributed by atoms with Crippen LogP contribution in [0.3, 0.4) is 0 Å². The van der Waals surface area contributed by atoms with Crippen LogP contribution in [0.25, 0.3) is 0 Å². The zero-order chi connectivity index (χ0) is 24.4. The summed E-state index contributed by atoms with van der Waals surface area (Å²) >= 11 is 5.69. The van der Waals surface area contributed by atoms with E-state index in [1.807, 2.05) is 5.32 Å². The van der Waals surface area contributed by atoms with Gasteiger partial charge in [-0.25, -0.2) is 0 Å². The first kappa shape index (κ1) is 29.3. The van der Waals surface area contributed by atoms with Crippen molar-refractivity contribution in [2.45, 2.75) is 12.5 Å². The molecule has 0 unspecified atom stereocenters. The molecule has 0 heterocycles. The van der Waals surface area contributed by atoms with Crippen molar-refractivity contribution in [2.75, 3.05) is 5.32 Å². The Morgan fingerprint density at radius 1 is 1.15 bits per heavy atom. The second kappa shape index (κ2) is 11.6. The molecule has 0 bridgehead atoms. The van der Waals surface area contributed by atoms with Gasteiger partial charge in [0.25, 0.3) is 5.91 Å². The van der Waals surface area contributed by atoms with Crippen molar-refractivity contribution in [3.63, 3.8) is 0 Å². The molecule has 10 nitrogen and oxygen atoms in total. The first-order chi connectivity index (χ1) is 14.8. The molecule has 2 aromatic carbocycles. The Balaban J connectivity index is 0.00000544. The number of carbonyl (C=O) groups excluding carboxylic acids is 1. The van der Waals surface area contributed by atoms with Crippen LogP contribution in [-0.4, -0.2) is 79.7 Å². The van der Waals surface area contributed by atoms with Gasteiger partial charge in [-0.15, -0.1) is 0 Å². The number of nitro benzene ring substituents is 2. The summed E-state index contributed by atoms with van der Waals surface area (Å²) in [5.41, 5.74) is -3.87. The molecule has 0 fully saturated rings. The molecule has 0 aromatic heterocycles. The van der Waals surface area contributed by atoms with Gasteiger partial charge in [-0.1, -0.05) is 0 Å². The molecule has 2 aromatic rings. The summed E-state index contributed by atoms with van der Waals surface area (Å²) in [5.74, 6) is -2.17. The molecular formula is C16H7Br2F4KN4O6. The molecule has 1 N–H and O–H groups in total. The summed E-state index contributed by atoms with van der Waals surface area (Å²) in [6.07, 6.45) is -9.10. The molecule has 170 valence electrons. The first-order valence-electron chi connectivity index (χ1n) is 7.81. The third-order valence-electron chi connectivity index (χ3n) is 3.64. The van der Waals surface area contributed by atoms with E-state index in [-0.39, 0.29) is 55.9 Å². The summed E-state index contributed by atoms with van der Waals surface area (Å²) in [7, 11) is 0. The second-order valence-corrected chi connectivity index (χ2v) is 7.32. The van der Waals surface area contributed by atoms with Gasteiger partial charge in [-0.05, 0) is 44.0 Å². The van der Waals surface area contributed by atoms with Crippen LogP contribution in [0.4, 0.5) is 34.6 Å². The first-order valence-corrected chi connectivity index (χ1v) is 9.40. The van der Waals surface area contributed by atoms with Gasteiger partial charge in [-0.2, -0.15) is 22.8 Å². The number of carbonyl (C=O) groups is 1. The number of halogens is 6. The fraction of sp³-hybridized carbons (Fsp3) is 0.125. The number of nitrogens with zero attached hydrogens (tertiary/aromatic N) is 3. The van der Waals surface area contributed by atoms with E-state index in [0.717, 1.165) is 12.1 Å². The van der Waals surface area contributed by atoms with Crippen molar-refractivity contribution in [2.24, 2.45) is 0 Å². The van der Waals surface area contributed by atoms with Crippen molar-refractivity contribution >= 4 is 106 Å². The van der Waals surface area contributed by atoms with E-state index in [0.29, 0.717) is 12.1 Å². The zero-order valence-electron chi connectivity index (χ0n) is 14.9. The van der Waals surface area contributed by atoms with Gasteiger partial charge in [0, 0.05) is 16.6 Å². The predicted molar refractivity (Wildman–Crippen MR) is 113 cm³/mol. The van der Waals surface area contributed by atoms with Gasteiger partial charge in [0.15, 0.2) is 5.69 Å². The monoisotopic (exact) mass is 624 g/mol. The van der Waals surface area contributed by atoms with E-state index < -0.39 is 66.7 Å². The van der Waals surface area contributed by atoms with Gasteiger partial charge in [-0.3, -0.25) is 25.0 Å². The van der Waals surface area contributed by atoms with E-state index in [2.05, 4.69) is 36.6 Å². The number of alkyl halides is 4. The number of benzene rings is 2. The standard InChI is InChI=1S/C16H6Br2F4N4O6.K.H/c17-7-1-2-10(32-16(21,22)15(19)20)12(18)11(7)14(27)24-13-8(25(28)29)3-6(5-23)4-9(13)26(30)31;;/h1-4,15H,(H,24,27);;. The van der Waals surface area contributed by atoms with Crippen LogP contribution in [0.5, 0.6) is 5.75 Å². The molecule has 17 heteroatoms. The van der Waals surface area contributed by atoms with Crippen molar-refractivity contribution in [3.8, 4) is 11.8 Å². The third kappa shape index (κ3) is 6.68. The molecule has 0 aliphatic heterocycles. The number of nitro groups is 2. The topological polar surface area (TPSA) is 148 Å². The molecule has 0 saturated heterocycles. The number of ether oxygens (including phenoxy) is 1. The summed E-state index contributed by atoms with van der Waals surface area (Å²) < 4.78 is 54.7. The van der Waals surface area contributed by atoms with Crippen LogP contribution in [-0.2, 0) is 0 Å². The Labute approximate surface area is 240 Å². The second-order valence-electron chi connectivity index (χ2n) is 5.67. The molecule has 0 aliphatic rings. The summed E-state index contributed by atoms with van der Waals surface area (Å²) in [6.45, 7) is 0. The number of amides is 1. The van der Waals surface area contributed by atoms with E-state index >= 15 is 0 Å². The van der Waals surface area contributed by atoms with Crippen molar-refractivity contribution in [1.29, 1.82) is 5.26 Å². The van der Waals surface area contributed by atoms with E-state index in [1.54, 1.807) is 0 Å². The SMILES string of the molecule is N#Cc1cc([N+](=O)[O-])c(NC(=O)c2c(Br)ccc(OC(F)(F)C(F)F)c2Br)c([N+](=O)[O-])c1.[KH]. The van der Waals surface area contributed by atoms with Crippen LogP contribution in [0.2, 0.25) is 0 Å². The maximum absolute atomic E-state index is 13.3. The third-order valence-corrected chi connectivity index (χ3v) is 5.09. The predicted octanol–water partition coefficient (Wildman–Crippen LogP) is 4.74. The quantitative estimate of drug-likeness (QED) is 0.202. The van der Waals surface area contributed by atoms with Gasteiger partial charge in [0.1, 0.15) is 5.75 Å². The van der Waals surface area contributed by atoms with Gasteiger partial charge in [0.2, 0.25) is 0 Å². The number of anilines is 1. The van der Waals surface area contributed by atoms with Crippen molar-refractivity contribution < 1.29 is 36.9 Å². The number of nitrogens with one attached hydrogen (secondary N) is 1. The summed E-state index contributed by atoms with van der Waals surface area (Å²) in [4.78, 5) is 33.2. The van der Waals surface area contributed by atoms with E-state index in [4.69, 9.17) is 5.26 Å². The van der Waals surface area contributed by atoms with Gasteiger partial charge >= 0.3 is 75.3 Å². The number of rotatable bonds is 7. The van der Waals surface area contributed by atoms with Crippen LogP contribution in [0, 0.1) is 31.6 Å². The molecule has 2 rings (SSSR count). The fourth-order valence-electron chi connectivity index (χ4n) is 2.28. The number of hydrogen-bond donors (Lipinski definition) is 1. The molecule has 33 heavy (non-hydrogen) atoms. The summed E-state index contributed by atoms with van der Waals surface area (Å²) in [6, 6.07) is 4.66. The number of nitriles is 1. The molecular weight excluding hydrogens is 619 g/mol. The Kier molecular flexibility index (Phi) is 10.4. The Hall–Kier alpha value is -1.68. The average molecular weight is 626 g/mol. The van der Waals surface area contributed by atoms with Gasteiger partial charge < -0.3 is 10.1 Å². The normalized spacial score (nSPS) is 10.7. The fourth-order valence-corrected chi connectivity index (χ4v) is 3.66. The minimum absolute atomic E-state index is 0. The molecule has 0 atom stereocenters. The molecule has 0 aliphatic carbocycles. The Morgan fingerprint density at radius 2 is 1.67 bits per heavy atom.